The third kappa shape index (κ3) is 4.60. The third-order valence-electron chi connectivity index (χ3n) is 5.41. The summed E-state index contributed by atoms with van der Waals surface area (Å²) >= 11 is 1.44. The molecule has 0 aliphatic heterocycles. The van der Waals surface area contributed by atoms with E-state index < -0.39 is 10.0 Å². The Hall–Kier alpha value is -2.62. The Balaban J connectivity index is 1.78. The number of rotatable bonds is 8. The molecule has 0 saturated heterocycles. The molecule has 1 heterocycles. The number of carbonyl (C=O) groups excluding carboxylic acids is 1. The summed E-state index contributed by atoms with van der Waals surface area (Å²) in [6, 6.07) is 14.4. The van der Waals surface area contributed by atoms with Gasteiger partial charge in [-0.1, -0.05) is 36.4 Å². The van der Waals surface area contributed by atoms with E-state index in [2.05, 4.69) is 0 Å². The average molecular weight is 472 g/mol. The Kier molecular flexibility index (Phi) is 6.41. The van der Waals surface area contributed by atoms with Crippen LogP contribution in [0.25, 0.3) is 11.1 Å². The highest BCUT2D eigenvalue weighted by Gasteiger charge is 2.33. The smallest absolute Gasteiger partial charge is 0.357 e. The molecule has 32 heavy (non-hydrogen) atoms. The quantitative estimate of drug-likeness (QED) is 0.393. The van der Waals surface area contributed by atoms with Crippen LogP contribution in [0.5, 0.6) is 0 Å². The van der Waals surface area contributed by atoms with Crippen LogP contribution < -0.4 is 5.14 Å². The molecule has 9 heteroatoms. The lowest BCUT2D eigenvalue weighted by molar-refractivity contribution is 0.0509. The standard InChI is InChI=1S/C23H25N3O4S2/c1-3-30-23(27)20-22(31-2)25-21(16-8-9-16)26(20)14-17-6-4-5-7-19(17)15-10-12-18(13-11-15)32(24,28)29/h4-7,10-13,16H,3,8-9,14H2,1-2H3,(H2,24,28,29). The maximum Gasteiger partial charge on any atom is 0.357 e. The number of nitrogens with two attached hydrogens (primary N) is 1. The van der Waals surface area contributed by atoms with Crippen molar-refractivity contribution in [1.82, 2.24) is 9.55 Å². The number of esters is 1. The Bertz CT molecular complexity index is 1250. The highest BCUT2D eigenvalue weighted by molar-refractivity contribution is 7.98. The van der Waals surface area contributed by atoms with Gasteiger partial charge in [0, 0.05) is 5.92 Å². The summed E-state index contributed by atoms with van der Waals surface area (Å²) in [5.74, 6) is 0.897. The first-order valence-electron chi connectivity index (χ1n) is 10.4. The molecule has 0 atom stereocenters. The second-order valence-corrected chi connectivity index (χ2v) is 9.99. The van der Waals surface area contributed by atoms with Crippen LogP contribution in [0.4, 0.5) is 0 Å². The number of sulfonamides is 1. The van der Waals surface area contributed by atoms with E-state index in [1.165, 1.54) is 23.9 Å². The van der Waals surface area contributed by atoms with Gasteiger partial charge in [-0.3, -0.25) is 0 Å². The first-order chi connectivity index (χ1) is 15.3. The van der Waals surface area contributed by atoms with E-state index in [-0.39, 0.29) is 10.9 Å². The van der Waals surface area contributed by atoms with Gasteiger partial charge in [0.15, 0.2) is 5.69 Å². The van der Waals surface area contributed by atoms with E-state index in [0.717, 1.165) is 35.4 Å². The van der Waals surface area contributed by atoms with Gasteiger partial charge >= 0.3 is 5.97 Å². The molecule has 1 aliphatic rings. The summed E-state index contributed by atoms with van der Waals surface area (Å²) in [6.45, 7) is 2.55. The second-order valence-electron chi connectivity index (χ2n) is 7.64. The maximum atomic E-state index is 12.8. The normalized spacial score (nSPS) is 13.8. The van der Waals surface area contributed by atoms with Crippen LogP contribution in [0.1, 0.15) is 47.6 Å². The molecule has 1 aliphatic carbocycles. The number of carbonyl (C=O) groups is 1. The molecular formula is C23H25N3O4S2. The van der Waals surface area contributed by atoms with Crippen molar-refractivity contribution in [1.29, 1.82) is 0 Å². The number of thioether (sulfide) groups is 1. The fourth-order valence-corrected chi connectivity index (χ4v) is 4.82. The van der Waals surface area contributed by atoms with Gasteiger partial charge in [0.2, 0.25) is 10.0 Å². The van der Waals surface area contributed by atoms with Gasteiger partial charge in [-0.25, -0.2) is 23.3 Å². The monoisotopic (exact) mass is 471 g/mol. The van der Waals surface area contributed by atoms with Gasteiger partial charge in [-0.05, 0) is 54.8 Å². The molecule has 0 bridgehead atoms. The Morgan fingerprint density at radius 1 is 1.19 bits per heavy atom. The highest BCUT2D eigenvalue weighted by Crippen LogP contribution is 2.42. The minimum atomic E-state index is -3.76. The number of aromatic nitrogens is 2. The lowest BCUT2D eigenvalue weighted by atomic mass is 9.99. The van der Waals surface area contributed by atoms with Crippen LogP contribution in [0.15, 0.2) is 58.5 Å². The summed E-state index contributed by atoms with van der Waals surface area (Å²) in [4.78, 5) is 17.7. The number of ether oxygens (including phenoxy) is 1. The number of primary sulfonamides is 1. The second kappa shape index (κ2) is 9.09. The van der Waals surface area contributed by atoms with E-state index in [4.69, 9.17) is 14.9 Å². The highest BCUT2D eigenvalue weighted by atomic mass is 32.2. The molecular weight excluding hydrogens is 446 g/mol. The fraction of sp³-hybridized carbons (Fsp3) is 0.304. The van der Waals surface area contributed by atoms with Gasteiger partial charge in [-0.2, -0.15) is 0 Å². The predicted octanol–water partition coefficient (Wildman–Crippen LogP) is 4.02. The summed E-state index contributed by atoms with van der Waals surface area (Å²) in [5, 5.41) is 5.91. The number of benzene rings is 2. The molecule has 0 amide bonds. The van der Waals surface area contributed by atoms with Gasteiger partial charge in [0.05, 0.1) is 18.0 Å². The van der Waals surface area contributed by atoms with E-state index >= 15 is 0 Å². The van der Waals surface area contributed by atoms with Crippen LogP contribution in [-0.4, -0.2) is 36.8 Å². The van der Waals surface area contributed by atoms with Crippen molar-refractivity contribution in [3.63, 3.8) is 0 Å². The number of hydrogen-bond acceptors (Lipinski definition) is 6. The van der Waals surface area contributed by atoms with Crippen LogP contribution in [0, 0.1) is 0 Å². The van der Waals surface area contributed by atoms with Crippen molar-refractivity contribution >= 4 is 27.8 Å². The molecule has 4 rings (SSSR count). The number of hydrogen-bond donors (Lipinski definition) is 1. The van der Waals surface area contributed by atoms with E-state index in [0.29, 0.717) is 29.8 Å². The fourth-order valence-electron chi connectivity index (χ4n) is 3.73. The van der Waals surface area contributed by atoms with E-state index in [9.17, 15) is 13.2 Å². The largest absolute Gasteiger partial charge is 0.461 e. The first-order valence-corrected chi connectivity index (χ1v) is 13.1. The number of nitrogens with zero attached hydrogens (tertiary/aromatic N) is 2. The van der Waals surface area contributed by atoms with Crippen molar-refractivity contribution in [3.05, 3.63) is 65.6 Å². The zero-order valence-electron chi connectivity index (χ0n) is 17.9. The topological polar surface area (TPSA) is 104 Å². The third-order valence-corrected chi connectivity index (χ3v) is 7.01. The van der Waals surface area contributed by atoms with Crippen molar-refractivity contribution in [3.8, 4) is 11.1 Å². The van der Waals surface area contributed by atoms with Gasteiger partial charge in [-0.15, -0.1) is 11.8 Å². The van der Waals surface area contributed by atoms with E-state index in [1.807, 2.05) is 35.1 Å². The predicted molar refractivity (Wildman–Crippen MR) is 124 cm³/mol. The maximum absolute atomic E-state index is 12.8. The lowest BCUT2D eigenvalue weighted by Gasteiger charge is -2.15. The molecule has 168 valence electrons. The summed E-state index contributed by atoms with van der Waals surface area (Å²) in [6.07, 6.45) is 4.03. The van der Waals surface area contributed by atoms with Gasteiger partial charge < -0.3 is 9.30 Å². The van der Waals surface area contributed by atoms with Crippen molar-refractivity contribution in [2.75, 3.05) is 12.9 Å². The minimum absolute atomic E-state index is 0.0681. The Morgan fingerprint density at radius 3 is 2.47 bits per heavy atom. The Labute approximate surface area is 192 Å². The molecule has 7 nitrogen and oxygen atoms in total. The zero-order valence-corrected chi connectivity index (χ0v) is 19.6. The average Bonchev–Trinajstić information content (AvgIpc) is 3.55. The van der Waals surface area contributed by atoms with Crippen molar-refractivity contribution < 1.29 is 17.9 Å². The molecule has 1 saturated carbocycles. The molecule has 0 spiro atoms. The first kappa shape index (κ1) is 22.6. The van der Waals surface area contributed by atoms with Crippen LogP contribution in [0.3, 0.4) is 0 Å². The molecule has 2 N–H and O–H groups in total. The van der Waals surface area contributed by atoms with Crippen LogP contribution in [0.2, 0.25) is 0 Å². The minimum Gasteiger partial charge on any atom is -0.461 e. The summed E-state index contributed by atoms with van der Waals surface area (Å²) < 4.78 is 30.5. The summed E-state index contributed by atoms with van der Waals surface area (Å²) in [7, 11) is -3.76. The van der Waals surface area contributed by atoms with Crippen LogP contribution in [-0.2, 0) is 21.3 Å². The van der Waals surface area contributed by atoms with Crippen molar-refractivity contribution in [2.24, 2.45) is 5.14 Å². The molecule has 0 radical (unpaired) electrons. The molecule has 2 aromatic carbocycles. The SMILES string of the molecule is CCOC(=O)c1c(SC)nc(C2CC2)n1Cc1ccccc1-c1ccc(S(N)(=O)=O)cc1. The molecule has 0 unspecified atom stereocenters. The lowest BCUT2D eigenvalue weighted by Crippen LogP contribution is -2.16. The van der Waals surface area contributed by atoms with E-state index in [1.54, 1.807) is 19.1 Å². The van der Waals surface area contributed by atoms with Gasteiger partial charge in [0.1, 0.15) is 10.9 Å². The molecule has 1 fully saturated rings. The molecule has 1 aromatic heterocycles. The number of imidazole rings is 1. The molecule has 3 aromatic rings. The van der Waals surface area contributed by atoms with Crippen molar-refractivity contribution in [2.45, 2.75) is 42.1 Å². The van der Waals surface area contributed by atoms with Crippen LogP contribution >= 0.6 is 11.8 Å². The Morgan fingerprint density at radius 2 is 1.88 bits per heavy atom. The van der Waals surface area contributed by atoms with Gasteiger partial charge in [0.25, 0.3) is 0 Å². The summed E-state index contributed by atoms with van der Waals surface area (Å²) in [5.41, 5.74) is 3.29. The zero-order chi connectivity index (χ0) is 22.9.